The van der Waals surface area contributed by atoms with Crippen LogP contribution in [-0.2, 0) is 14.0 Å². The molecule has 0 aliphatic rings. The van der Waals surface area contributed by atoms with Crippen molar-refractivity contribution >= 4 is 7.82 Å². The van der Waals surface area contributed by atoms with Gasteiger partial charge in [-0.2, -0.15) is 0 Å². The highest BCUT2D eigenvalue weighted by Crippen LogP contribution is 2.35. The van der Waals surface area contributed by atoms with Crippen molar-refractivity contribution in [3.63, 3.8) is 0 Å². The van der Waals surface area contributed by atoms with E-state index in [4.69, 9.17) is 15.0 Å². The van der Waals surface area contributed by atoms with Gasteiger partial charge in [0.25, 0.3) is 0 Å². The molecule has 6 nitrogen and oxygen atoms in total. The monoisotopic (exact) mass is 158 g/mol. The average Bonchev–Trinajstić information content (AvgIpc) is 1.63. The number of hydrogen-bond acceptors (Lipinski definition) is 4. The molecule has 9 heavy (non-hydrogen) atoms. The van der Waals surface area contributed by atoms with Crippen molar-refractivity contribution in [1.29, 1.82) is 0 Å². The molecule has 0 saturated heterocycles. The normalized spacial score (nSPS) is 11.9. The Morgan fingerprint density at radius 1 is 1.33 bits per heavy atom. The second-order valence-corrected chi connectivity index (χ2v) is 2.40. The zero-order valence-corrected chi connectivity index (χ0v) is 5.32. The van der Waals surface area contributed by atoms with Gasteiger partial charge < -0.3 is 9.79 Å². The van der Waals surface area contributed by atoms with Crippen molar-refractivity contribution in [1.82, 2.24) is 0 Å². The number of rotatable bonds is 4. The maximum absolute atomic E-state index is 9.84. The van der Waals surface area contributed by atoms with Crippen molar-refractivity contribution < 1.29 is 29.0 Å². The van der Waals surface area contributed by atoms with Crippen LogP contribution in [0.25, 0.3) is 0 Å². The maximum atomic E-state index is 9.84. The Bertz CT molecular complexity index is 106. The molecule has 0 spiro atoms. The van der Waals surface area contributed by atoms with E-state index in [1.54, 1.807) is 0 Å². The molecule has 56 valence electrons. The third-order valence-electron chi connectivity index (χ3n) is 0.434. The van der Waals surface area contributed by atoms with Crippen molar-refractivity contribution in [2.45, 2.75) is 0 Å². The fraction of sp³-hybridized carbons (Fsp3) is 1.00. The molecule has 0 unspecified atom stereocenters. The second kappa shape index (κ2) is 3.94. The van der Waals surface area contributed by atoms with Crippen LogP contribution in [0.15, 0.2) is 0 Å². The van der Waals surface area contributed by atoms with E-state index >= 15 is 0 Å². The Balaban J connectivity index is 3.18. The first-order valence-electron chi connectivity index (χ1n) is 2.03. The van der Waals surface area contributed by atoms with Gasteiger partial charge in [-0.1, -0.05) is 0 Å². The Labute approximate surface area is 51.2 Å². The smallest absolute Gasteiger partial charge is 0.303 e. The summed E-state index contributed by atoms with van der Waals surface area (Å²) in [7, 11) is -4.39. The highest BCUT2D eigenvalue weighted by Gasteiger charge is 2.12. The van der Waals surface area contributed by atoms with Crippen molar-refractivity contribution in [2.75, 3.05) is 13.2 Å². The van der Waals surface area contributed by atoms with E-state index in [1.165, 1.54) is 0 Å². The van der Waals surface area contributed by atoms with Crippen LogP contribution in [-0.4, -0.2) is 28.3 Å². The van der Waals surface area contributed by atoms with Crippen molar-refractivity contribution in [2.24, 2.45) is 0 Å². The minimum absolute atomic E-state index is 0.259. The van der Waals surface area contributed by atoms with Gasteiger partial charge in [-0.3, -0.25) is 9.78 Å². The summed E-state index contributed by atoms with van der Waals surface area (Å²) in [5, 5.41) is 7.63. The molecule has 0 amide bonds. The quantitative estimate of drug-likeness (QED) is 0.222. The van der Waals surface area contributed by atoms with E-state index in [1.807, 2.05) is 0 Å². The third kappa shape index (κ3) is 8.03. The summed E-state index contributed by atoms with van der Waals surface area (Å²) in [4.78, 5) is 19.5. The van der Waals surface area contributed by atoms with Gasteiger partial charge in [-0.15, -0.1) is 0 Å². The van der Waals surface area contributed by atoms with Gasteiger partial charge in [0.15, 0.2) is 0 Å². The Kier molecular flexibility index (Phi) is 3.96. The van der Waals surface area contributed by atoms with Gasteiger partial charge in [0.2, 0.25) is 0 Å². The number of phosphoric acid groups is 1. The Hall–Kier alpha value is 0.0300. The fourth-order valence-corrected chi connectivity index (χ4v) is 0.506. The average molecular weight is 158 g/mol. The summed E-state index contributed by atoms with van der Waals surface area (Å²) in [6, 6.07) is 0. The largest absolute Gasteiger partial charge is 0.469 e. The molecule has 0 heterocycles. The Morgan fingerprint density at radius 2 is 1.89 bits per heavy atom. The minimum Gasteiger partial charge on any atom is -0.303 e. The lowest BCUT2D eigenvalue weighted by Gasteiger charge is -2.01. The molecule has 0 fully saturated rings. The lowest BCUT2D eigenvalue weighted by atomic mass is 10.8. The van der Waals surface area contributed by atoms with Gasteiger partial charge in [0, 0.05) is 0 Å². The molecular formula is C2H7O6P. The predicted molar refractivity (Wildman–Crippen MR) is 26.6 cm³/mol. The predicted octanol–water partition coefficient (Wildman–Crippen LogP) is -0.415. The highest BCUT2D eigenvalue weighted by atomic mass is 31.2. The van der Waals surface area contributed by atoms with Crippen molar-refractivity contribution in [3.05, 3.63) is 0 Å². The van der Waals surface area contributed by atoms with E-state index in [0.29, 0.717) is 0 Å². The van der Waals surface area contributed by atoms with Crippen LogP contribution in [0, 0.1) is 0 Å². The van der Waals surface area contributed by atoms with E-state index in [-0.39, 0.29) is 13.2 Å². The second-order valence-electron chi connectivity index (χ2n) is 1.16. The van der Waals surface area contributed by atoms with Crippen LogP contribution in [0.2, 0.25) is 0 Å². The molecule has 0 rings (SSSR count). The van der Waals surface area contributed by atoms with Gasteiger partial charge in [-0.05, 0) is 0 Å². The number of phosphoric ester groups is 1. The lowest BCUT2D eigenvalue weighted by Crippen LogP contribution is -1.99. The molecule has 7 heteroatoms. The first-order valence-corrected chi connectivity index (χ1v) is 3.56. The summed E-state index contributed by atoms with van der Waals surface area (Å²) < 4.78 is 13.7. The van der Waals surface area contributed by atoms with E-state index in [9.17, 15) is 4.57 Å². The van der Waals surface area contributed by atoms with Crippen LogP contribution < -0.4 is 0 Å². The summed E-state index contributed by atoms with van der Waals surface area (Å²) in [5.41, 5.74) is 0. The zero-order valence-electron chi connectivity index (χ0n) is 4.43. The molecule has 0 aromatic heterocycles. The summed E-state index contributed by atoms with van der Waals surface area (Å²) in [6.07, 6.45) is 0. The molecule has 3 N–H and O–H groups in total. The maximum Gasteiger partial charge on any atom is 0.469 e. The van der Waals surface area contributed by atoms with Crippen molar-refractivity contribution in [3.8, 4) is 0 Å². The first kappa shape index (κ1) is 9.03. The molecule has 0 aliphatic carbocycles. The molecule has 0 atom stereocenters. The summed E-state index contributed by atoms with van der Waals surface area (Å²) >= 11 is 0. The van der Waals surface area contributed by atoms with Crippen LogP contribution in [0.4, 0.5) is 0 Å². The zero-order chi connectivity index (χ0) is 7.33. The third-order valence-corrected chi connectivity index (χ3v) is 0.953. The highest BCUT2D eigenvalue weighted by molar-refractivity contribution is 7.46. The molecule has 0 saturated carbocycles. The van der Waals surface area contributed by atoms with Crippen LogP contribution in [0.1, 0.15) is 0 Å². The van der Waals surface area contributed by atoms with Crippen LogP contribution in [0.3, 0.4) is 0 Å². The lowest BCUT2D eigenvalue weighted by molar-refractivity contribution is -0.246. The fourth-order valence-electron chi connectivity index (χ4n) is 0.193. The first-order chi connectivity index (χ1) is 4.06. The number of hydrogen-bond donors (Lipinski definition) is 3. The molecule has 0 bridgehead atoms. The van der Waals surface area contributed by atoms with Crippen LogP contribution in [0.5, 0.6) is 0 Å². The molecule has 0 radical (unpaired) electrons. The molecular weight excluding hydrogens is 151 g/mol. The van der Waals surface area contributed by atoms with E-state index in [0.717, 1.165) is 0 Å². The van der Waals surface area contributed by atoms with E-state index < -0.39 is 7.82 Å². The SMILES string of the molecule is O=P(O)(O)OCCOO. The molecule has 0 aromatic carbocycles. The summed E-state index contributed by atoms with van der Waals surface area (Å²) in [5.74, 6) is 0. The Morgan fingerprint density at radius 3 is 2.22 bits per heavy atom. The summed E-state index contributed by atoms with van der Waals surface area (Å²) in [6.45, 7) is -0.591. The molecule has 0 aliphatic heterocycles. The van der Waals surface area contributed by atoms with Crippen LogP contribution >= 0.6 is 7.82 Å². The standard InChI is InChI=1S/C2H7O6P/c3-7-1-2-8-9(4,5)6/h3H,1-2H2,(H2,4,5,6). The van der Waals surface area contributed by atoms with Gasteiger partial charge in [0.05, 0.1) is 6.61 Å². The van der Waals surface area contributed by atoms with Gasteiger partial charge in [0.1, 0.15) is 6.61 Å². The van der Waals surface area contributed by atoms with Gasteiger partial charge >= 0.3 is 7.82 Å². The van der Waals surface area contributed by atoms with E-state index in [2.05, 4.69) is 9.41 Å². The minimum atomic E-state index is -4.39. The molecule has 0 aromatic rings. The topological polar surface area (TPSA) is 96.2 Å². The van der Waals surface area contributed by atoms with Gasteiger partial charge in [-0.25, -0.2) is 9.45 Å².